The summed E-state index contributed by atoms with van der Waals surface area (Å²) >= 11 is 1.91. The molecule has 2 nitrogen and oxygen atoms in total. The van der Waals surface area contributed by atoms with Gasteiger partial charge in [0.1, 0.15) is 0 Å². The summed E-state index contributed by atoms with van der Waals surface area (Å²) in [5.41, 5.74) is 7.20. The Hall–Kier alpha value is -1.42. The molecule has 0 aliphatic carbocycles. The first-order valence-electron chi connectivity index (χ1n) is 9.74. The third-order valence-corrected chi connectivity index (χ3v) is 5.65. The summed E-state index contributed by atoms with van der Waals surface area (Å²) < 4.78 is 0. The van der Waals surface area contributed by atoms with Crippen LogP contribution in [0.5, 0.6) is 0 Å². The van der Waals surface area contributed by atoms with Crippen LogP contribution in [0.1, 0.15) is 45.9 Å². The van der Waals surface area contributed by atoms with E-state index in [0.717, 1.165) is 34.0 Å². The van der Waals surface area contributed by atoms with Crippen molar-refractivity contribution in [1.82, 2.24) is 0 Å². The number of hydrogen-bond donors (Lipinski definition) is 0. The summed E-state index contributed by atoms with van der Waals surface area (Å²) in [6.07, 6.45) is 5.92. The fourth-order valence-electron chi connectivity index (χ4n) is 3.14. The molecule has 0 amide bonds. The molecule has 1 aromatic heterocycles. The number of para-hydroxylation sites is 2. The van der Waals surface area contributed by atoms with Gasteiger partial charge in [0.2, 0.25) is 0 Å². The first kappa shape index (κ1) is 24.8. The molecule has 2 aromatic carbocycles. The summed E-state index contributed by atoms with van der Waals surface area (Å²) in [5.74, 6) is 0. The molecule has 30 heavy (non-hydrogen) atoms. The van der Waals surface area contributed by atoms with E-state index in [4.69, 9.17) is 30.2 Å². The van der Waals surface area contributed by atoms with E-state index >= 15 is 0 Å². The average Bonchev–Trinajstić information content (AvgIpc) is 3.20. The quantitative estimate of drug-likeness (QED) is 0.240. The molecule has 0 radical (unpaired) electrons. The van der Waals surface area contributed by atoms with Gasteiger partial charge in [-0.1, -0.05) is 50.2 Å². The molecule has 0 N–H and O–H groups in total. The number of aryl methyl sites for hydroxylation is 4. The van der Waals surface area contributed by atoms with E-state index in [2.05, 4.69) is 76.2 Å². The number of halogens is 2. The van der Waals surface area contributed by atoms with Crippen molar-refractivity contribution in [2.24, 2.45) is 9.98 Å². The van der Waals surface area contributed by atoms with Crippen LogP contribution in [0, 0.1) is 13.8 Å². The van der Waals surface area contributed by atoms with Crippen molar-refractivity contribution in [3.8, 4) is 0 Å². The van der Waals surface area contributed by atoms with Gasteiger partial charge in [-0.2, -0.15) is 0 Å². The van der Waals surface area contributed by atoms with Crippen LogP contribution in [0.4, 0.5) is 11.4 Å². The number of rotatable bonds is 6. The molecule has 0 saturated heterocycles. The molecule has 0 bridgehead atoms. The SMILES string of the molecule is CCc1cccc(C)c1N=Cc1ccc(C=Nc2c(C)cccc2CC)s1.[Cl][Fe][Cl]. The van der Waals surface area contributed by atoms with E-state index in [-0.39, 0.29) is 13.1 Å². The molecule has 0 spiro atoms. The zero-order chi connectivity index (χ0) is 21.9. The van der Waals surface area contributed by atoms with Crippen LogP contribution in [-0.2, 0) is 26.0 Å². The standard InChI is InChI=1S/C24H26N2S.2ClH.Fe/c1-5-19-11-7-9-17(3)23(19)25-15-21-13-14-22(27-21)16-26-24-18(4)10-8-12-20(24)6-2;;;/h7-16H,5-6H2,1-4H3;2*1H;/q;;;+2/p-2. The summed E-state index contributed by atoms with van der Waals surface area (Å²) in [6.45, 7) is 8.57. The Bertz CT molecular complexity index is 934. The Balaban J connectivity index is 0.00000101. The minimum absolute atomic E-state index is 0.194. The summed E-state index contributed by atoms with van der Waals surface area (Å²) in [7, 11) is 9.53. The van der Waals surface area contributed by atoms with Crippen molar-refractivity contribution in [3.05, 3.63) is 80.5 Å². The molecule has 1 heterocycles. The number of hydrogen-bond acceptors (Lipinski definition) is 3. The second-order valence-corrected chi connectivity index (χ2v) is 9.65. The van der Waals surface area contributed by atoms with Crippen molar-refractivity contribution in [3.63, 3.8) is 0 Å². The van der Waals surface area contributed by atoms with Gasteiger partial charge in [-0.15, -0.1) is 11.3 Å². The van der Waals surface area contributed by atoms with E-state index in [0.29, 0.717) is 0 Å². The topological polar surface area (TPSA) is 24.7 Å². The Morgan fingerprint density at radius 1 is 0.767 bits per heavy atom. The third-order valence-electron chi connectivity index (χ3n) is 4.69. The van der Waals surface area contributed by atoms with Crippen molar-refractivity contribution in [1.29, 1.82) is 0 Å². The summed E-state index contributed by atoms with van der Waals surface area (Å²) in [4.78, 5) is 11.8. The zero-order valence-electron chi connectivity index (χ0n) is 17.6. The third kappa shape index (κ3) is 7.07. The number of benzene rings is 2. The minimum atomic E-state index is 0.194. The van der Waals surface area contributed by atoms with Gasteiger partial charge in [-0.3, -0.25) is 9.98 Å². The van der Waals surface area contributed by atoms with E-state index in [1.54, 1.807) is 11.3 Å². The van der Waals surface area contributed by atoms with Crippen LogP contribution in [-0.4, -0.2) is 12.4 Å². The molecular weight excluding hydrogens is 475 g/mol. The molecule has 3 aromatic rings. The zero-order valence-corrected chi connectivity index (χ0v) is 21.0. The maximum atomic E-state index is 4.76. The van der Waals surface area contributed by atoms with Crippen LogP contribution in [0.25, 0.3) is 0 Å². The number of aliphatic imine (C=N–C) groups is 2. The van der Waals surface area contributed by atoms with Crippen LogP contribution >= 0.6 is 31.5 Å². The fourth-order valence-corrected chi connectivity index (χ4v) is 3.90. The Morgan fingerprint density at radius 3 is 1.53 bits per heavy atom. The van der Waals surface area contributed by atoms with Gasteiger partial charge < -0.3 is 0 Å². The van der Waals surface area contributed by atoms with Gasteiger partial charge in [0.05, 0.1) is 11.4 Å². The molecule has 0 aliphatic heterocycles. The second-order valence-electron chi connectivity index (χ2n) is 6.68. The Morgan fingerprint density at radius 2 is 1.17 bits per heavy atom. The Labute approximate surface area is 198 Å². The maximum absolute atomic E-state index is 4.76. The predicted molar refractivity (Wildman–Crippen MR) is 132 cm³/mol. The summed E-state index contributed by atoms with van der Waals surface area (Å²) in [6, 6.07) is 17.0. The summed E-state index contributed by atoms with van der Waals surface area (Å²) in [5, 5.41) is 0. The number of thiophene rings is 1. The molecule has 0 saturated carbocycles. The van der Waals surface area contributed by atoms with Gasteiger partial charge in [0.15, 0.2) is 0 Å². The van der Waals surface area contributed by atoms with E-state index in [9.17, 15) is 0 Å². The van der Waals surface area contributed by atoms with Crippen molar-refractivity contribution in [2.75, 3.05) is 0 Å². The van der Waals surface area contributed by atoms with E-state index in [1.807, 2.05) is 12.4 Å². The van der Waals surface area contributed by atoms with Crippen molar-refractivity contribution < 1.29 is 13.1 Å². The normalized spacial score (nSPS) is 11.3. The van der Waals surface area contributed by atoms with Crippen LogP contribution in [0.2, 0.25) is 0 Å². The molecule has 3 rings (SSSR count). The van der Waals surface area contributed by atoms with Gasteiger partial charge in [0.25, 0.3) is 0 Å². The number of nitrogens with zero attached hydrogens (tertiary/aromatic N) is 2. The van der Waals surface area contributed by atoms with Gasteiger partial charge >= 0.3 is 33.3 Å². The van der Waals surface area contributed by atoms with E-state index in [1.165, 1.54) is 22.3 Å². The van der Waals surface area contributed by atoms with E-state index < -0.39 is 0 Å². The van der Waals surface area contributed by atoms with Crippen LogP contribution < -0.4 is 0 Å². The monoisotopic (exact) mass is 500 g/mol. The fraction of sp³-hybridized carbons (Fsp3) is 0.250. The molecule has 0 unspecified atom stereocenters. The molecule has 6 heteroatoms. The first-order chi connectivity index (χ1) is 14.5. The molecule has 0 atom stereocenters. The molecule has 0 fully saturated rings. The second kappa shape index (κ2) is 13.1. The van der Waals surface area contributed by atoms with Crippen LogP contribution in [0.3, 0.4) is 0 Å². The Kier molecular flexibility index (Phi) is 10.8. The van der Waals surface area contributed by atoms with Crippen molar-refractivity contribution in [2.45, 2.75) is 40.5 Å². The molecule has 0 aliphatic rings. The molecular formula is C24H26Cl2FeN2S. The van der Waals surface area contributed by atoms with Gasteiger partial charge in [-0.05, 0) is 61.1 Å². The molecule has 160 valence electrons. The van der Waals surface area contributed by atoms with Gasteiger partial charge in [0, 0.05) is 22.2 Å². The van der Waals surface area contributed by atoms with Gasteiger partial charge in [-0.25, -0.2) is 0 Å². The van der Waals surface area contributed by atoms with Crippen molar-refractivity contribution >= 4 is 55.3 Å². The predicted octanol–water partition coefficient (Wildman–Crippen LogP) is 8.37. The van der Waals surface area contributed by atoms with Crippen LogP contribution in [0.15, 0.2) is 58.5 Å². The first-order valence-corrected chi connectivity index (χ1v) is 13.6. The average molecular weight is 501 g/mol.